The Kier molecular flexibility index (Phi) is 4.59. The van der Waals surface area contributed by atoms with E-state index in [1.165, 1.54) is 5.56 Å². The molecule has 1 fully saturated rings. The maximum Gasteiger partial charge on any atom is 0.226 e. The Morgan fingerprint density at radius 3 is 2.63 bits per heavy atom. The molecule has 0 bridgehead atoms. The van der Waals surface area contributed by atoms with Crippen LogP contribution in [0.15, 0.2) is 30.3 Å². The number of hydrogen-bond donors (Lipinski definition) is 2. The molecule has 1 amide bonds. The fourth-order valence-corrected chi connectivity index (χ4v) is 2.47. The summed E-state index contributed by atoms with van der Waals surface area (Å²) in [6.45, 7) is 2.20. The van der Waals surface area contributed by atoms with Crippen molar-refractivity contribution >= 4 is 5.91 Å². The standard InChI is InChI=1S/C16H23NO2/c1-13(6-5-11-18)17-15(19)16(9-10-16)12-14-7-3-2-4-8-14/h2-4,7-8,13,18H,5-6,9-12H2,1H3,(H,17,19). The van der Waals surface area contributed by atoms with Crippen LogP contribution in [0.3, 0.4) is 0 Å². The van der Waals surface area contributed by atoms with E-state index in [0.29, 0.717) is 0 Å². The normalized spacial score (nSPS) is 17.8. The molecule has 1 aromatic carbocycles. The summed E-state index contributed by atoms with van der Waals surface area (Å²) in [4.78, 5) is 12.3. The molecule has 1 aliphatic rings. The quantitative estimate of drug-likeness (QED) is 0.791. The zero-order valence-corrected chi connectivity index (χ0v) is 11.6. The summed E-state index contributed by atoms with van der Waals surface area (Å²) in [5.74, 6) is 0.182. The average Bonchev–Trinajstić information content (AvgIpc) is 3.18. The highest BCUT2D eigenvalue weighted by Gasteiger charge is 2.49. The first-order valence-corrected chi connectivity index (χ1v) is 7.12. The second kappa shape index (κ2) is 6.20. The van der Waals surface area contributed by atoms with Gasteiger partial charge in [-0.1, -0.05) is 30.3 Å². The van der Waals surface area contributed by atoms with Crippen LogP contribution in [0.5, 0.6) is 0 Å². The lowest BCUT2D eigenvalue weighted by molar-refractivity contribution is -0.127. The van der Waals surface area contributed by atoms with E-state index >= 15 is 0 Å². The number of rotatable bonds is 7. The fourth-order valence-electron chi connectivity index (χ4n) is 2.47. The number of carbonyl (C=O) groups excluding carboxylic acids is 1. The van der Waals surface area contributed by atoms with E-state index in [2.05, 4.69) is 17.4 Å². The Labute approximate surface area is 115 Å². The van der Waals surface area contributed by atoms with Gasteiger partial charge in [-0.2, -0.15) is 0 Å². The lowest BCUT2D eigenvalue weighted by atomic mass is 9.95. The summed E-state index contributed by atoms with van der Waals surface area (Å²) in [7, 11) is 0. The molecule has 2 rings (SSSR count). The minimum atomic E-state index is -0.172. The molecule has 0 heterocycles. The Morgan fingerprint density at radius 1 is 1.37 bits per heavy atom. The van der Waals surface area contributed by atoms with Gasteiger partial charge in [0.15, 0.2) is 0 Å². The third-order valence-electron chi connectivity index (χ3n) is 3.89. The zero-order valence-electron chi connectivity index (χ0n) is 11.6. The fraction of sp³-hybridized carbons (Fsp3) is 0.562. The molecule has 104 valence electrons. The van der Waals surface area contributed by atoms with Crippen LogP contribution >= 0.6 is 0 Å². The first-order chi connectivity index (χ1) is 9.16. The minimum absolute atomic E-state index is 0.146. The topological polar surface area (TPSA) is 49.3 Å². The number of hydrogen-bond acceptors (Lipinski definition) is 2. The van der Waals surface area contributed by atoms with Gasteiger partial charge in [0.2, 0.25) is 5.91 Å². The highest BCUT2D eigenvalue weighted by atomic mass is 16.3. The SMILES string of the molecule is CC(CCCO)NC(=O)C1(Cc2ccccc2)CC1. The van der Waals surface area contributed by atoms with Gasteiger partial charge in [0.05, 0.1) is 5.41 Å². The Balaban J connectivity index is 1.88. The van der Waals surface area contributed by atoms with Crippen molar-refractivity contribution in [2.45, 2.75) is 45.1 Å². The molecule has 3 heteroatoms. The molecule has 0 radical (unpaired) electrons. The van der Waals surface area contributed by atoms with Crippen molar-refractivity contribution in [2.75, 3.05) is 6.61 Å². The number of aliphatic hydroxyl groups is 1. The summed E-state index contributed by atoms with van der Waals surface area (Å²) in [5, 5.41) is 11.9. The van der Waals surface area contributed by atoms with Crippen LogP contribution in [0.4, 0.5) is 0 Å². The molecule has 1 atom stereocenters. The third kappa shape index (κ3) is 3.80. The zero-order chi connectivity index (χ0) is 13.7. The van der Waals surface area contributed by atoms with Crippen molar-refractivity contribution in [1.29, 1.82) is 0 Å². The van der Waals surface area contributed by atoms with Gasteiger partial charge >= 0.3 is 0 Å². The second-order valence-electron chi connectivity index (χ2n) is 5.68. The molecule has 1 unspecified atom stereocenters. The highest BCUT2D eigenvalue weighted by molar-refractivity contribution is 5.85. The van der Waals surface area contributed by atoms with E-state index in [1.54, 1.807) is 0 Å². The highest BCUT2D eigenvalue weighted by Crippen LogP contribution is 2.48. The van der Waals surface area contributed by atoms with E-state index < -0.39 is 0 Å². The number of aliphatic hydroxyl groups excluding tert-OH is 1. The largest absolute Gasteiger partial charge is 0.396 e. The Bertz CT molecular complexity index is 412. The minimum Gasteiger partial charge on any atom is -0.396 e. The van der Waals surface area contributed by atoms with Gasteiger partial charge in [0, 0.05) is 12.6 Å². The van der Waals surface area contributed by atoms with Crippen LogP contribution in [-0.4, -0.2) is 23.7 Å². The summed E-state index contributed by atoms with van der Waals surface area (Å²) in [5.41, 5.74) is 1.06. The van der Waals surface area contributed by atoms with Gasteiger partial charge in [0.25, 0.3) is 0 Å². The summed E-state index contributed by atoms with van der Waals surface area (Å²) in [6.07, 6.45) is 4.39. The Hall–Kier alpha value is -1.35. The number of carbonyl (C=O) groups is 1. The maximum absolute atomic E-state index is 12.3. The van der Waals surface area contributed by atoms with Crippen molar-refractivity contribution in [3.63, 3.8) is 0 Å². The van der Waals surface area contributed by atoms with E-state index in [1.807, 2.05) is 25.1 Å². The molecule has 1 aliphatic carbocycles. The van der Waals surface area contributed by atoms with Gasteiger partial charge in [-0.05, 0) is 44.6 Å². The molecule has 0 spiro atoms. The lowest BCUT2D eigenvalue weighted by Gasteiger charge is -2.19. The average molecular weight is 261 g/mol. The van der Waals surface area contributed by atoms with Crippen molar-refractivity contribution in [3.05, 3.63) is 35.9 Å². The van der Waals surface area contributed by atoms with Crippen LogP contribution in [0.25, 0.3) is 0 Å². The van der Waals surface area contributed by atoms with E-state index in [0.717, 1.165) is 32.1 Å². The first kappa shape index (κ1) is 14.1. The molecule has 0 aliphatic heterocycles. The van der Waals surface area contributed by atoms with Crippen LogP contribution in [0.1, 0.15) is 38.2 Å². The van der Waals surface area contributed by atoms with Crippen LogP contribution < -0.4 is 5.32 Å². The van der Waals surface area contributed by atoms with Gasteiger partial charge in [-0.3, -0.25) is 4.79 Å². The molecular weight excluding hydrogens is 238 g/mol. The number of amides is 1. The van der Waals surface area contributed by atoms with Crippen molar-refractivity contribution < 1.29 is 9.90 Å². The van der Waals surface area contributed by atoms with Crippen molar-refractivity contribution in [1.82, 2.24) is 5.32 Å². The molecule has 0 saturated heterocycles. The maximum atomic E-state index is 12.3. The molecular formula is C16H23NO2. The van der Waals surface area contributed by atoms with E-state index in [4.69, 9.17) is 5.11 Å². The van der Waals surface area contributed by atoms with E-state index in [9.17, 15) is 4.79 Å². The molecule has 1 aromatic rings. The third-order valence-corrected chi connectivity index (χ3v) is 3.89. The van der Waals surface area contributed by atoms with Crippen LogP contribution in [0.2, 0.25) is 0 Å². The van der Waals surface area contributed by atoms with E-state index in [-0.39, 0.29) is 24.0 Å². The predicted octanol–water partition coefficient (Wildman–Crippen LogP) is 2.29. The van der Waals surface area contributed by atoms with Crippen LogP contribution in [0, 0.1) is 5.41 Å². The molecule has 1 saturated carbocycles. The lowest BCUT2D eigenvalue weighted by Crippen LogP contribution is -2.39. The van der Waals surface area contributed by atoms with Gasteiger partial charge in [-0.25, -0.2) is 0 Å². The predicted molar refractivity (Wildman–Crippen MR) is 75.7 cm³/mol. The van der Waals surface area contributed by atoms with Gasteiger partial charge < -0.3 is 10.4 Å². The van der Waals surface area contributed by atoms with Crippen molar-refractivity contribution in [2.24, 2.45) is 5.41 Å². The number of benzene rings is 1. The molecule has 2 N–H and O–H groups in total. The van der Waals surface area contributed by atoms with Crippen molar-refractivity contribution in [3.8, 4) is 0 Å². The van der Waals surface area contributed by atoms with Gasteiger partial charge in [0.1, 0.15) is 0 Å². The smallest absolute Gasteiger partial charge is 0.226 e. The summed E-state index contributed by atoms with van der Waals surface area (Å²) < 4.78 is 0. The first-order valence-electron chi connectivity index (χ1n) is 7.12. The monoisotopic (exact) mass is 261 g/mol. The van der Waals surface area contributed by atoms with Gasteiger partial charge in [-0.15, -0.1) is 0 Å². The molecule has 0 aromatic heterocycles. The molecule has 19 heavy (non-hydrogen) atoms. The van der Waals surface area contributed by atoms with Crippen LogP contribution in [-0.2, 0) is 11.2 Å². The summed E-state index contributed by atoms with van der Waals surface area (Å²) >= 11 is 0. The number of nitrogens with one attached hydrogen (secondary N) is 1. The second-order valence-corrected chi connectivity index (χ2v) is 5.68. The molecule has 3 nitrogen and oxygen atoms in total. The summed E-state index contributed by atoms with van der Waals surface area (Å²) in [6, 6.07) is 10.4. The Morgan fingerprint density at radius 2 is 2.05 bits per heavy atom.